The first-order valence-corrected chi connectivity index (χ1v) is 8.40. The number of anilines is 1. The van der Waals surface area contributed by atoms with E-state index in [0.29, 0.717) is 5.69 Å². The summed E-state index contributed by atoms with van der Waals surface area (Å²) in [7, 11) is 0. The molecule has 0 saturated heterocycles. The van der Waals surface area contributed by atoms with Gasteiger partial charge in [0.05, 0.1) is 11.4 Å². The van der Waals surface area contributed by atoms with Crippen molar-refractivity contribution in [3.05, 3.63) is 63.9 Å². The Kier molecular flexibility index (Phi) is 5.34. The number of amides is 1. The minimum Gasteiger partial charge on any atom is -0.455 e. The zero-order chi connectivity index (χ0) is 17.8. The Hall–Kier alpha value is -2.40. The van der Waals surface area contributed by atoms with Crippen molar-refractivity contribution >= 4 is 29.2 Å². The molecule has 0 unspecified atom stereocenters. The van der Waals surface area contributed by atoms with Crippen molar-refractivity contribution in [1.29, 1.82) is 0 Å². The zero-order valence-electron chi connectivity index (χ0n) is 13.5. The molecule has 0 fully saturated rings. The number of carbonyl (C=O) groups is 2. The van der Waals surface area contributed by atoms with Gasteiger partial charge in [0.2, 0.25) is 0 Å². The van der Waals surface area contributed by atoms with Crippen LogP contribution in [0.25, 0.3) is 0 Å². The normalized spacial score (nSPS) is 12.6. The van der Waals surface area contributed by atoms with Crippen molar-refractivity contribution in [2.24, 2.45) is 0 Å². The van der Waals surface area contributed by atoms with Gasteiger partial charge in [0, 0.05) is 5.69 Å². The third-order valence-electron chi connectivity index (χ3n) is 4.08. The maximum atomic E-state index is 13.1. The van der Waals surface area contributed by atoms with Crippen LogP contribution in [-0.2, 0) is 33.6 Å². The van der Waals surface area contributed by atoms with Crippen molar-refractivity contribution in [2.45, 2.75) is 25.7 Å². The molecule has 25 heavy (non-hydrogen) atoms. The average molecular weight is 362 g/mol. The van der Waals surface area contributed by atoms with Gasteiger partial charge in [-0.05, 0) is 54.2 Å². The smallest absolute Gasteiger partial charge is 0.310 e. The number of benzene rings is 2. The Labute approximate surface area is 149 Å². The van der Waals surface area contributed by atoms with Gasteiger partial charge in [-0.25, -0.2) is 4.39 Å². The van der Waals surface area contributed by atoms with E-state index < -0.39 is 24.3 Å². The number of carbonyl (C=O) groups excluding carboxylic acids is 2. The summed E-state index contributed by atoms with van der Waals surface area (Å²) >= 11 is 5.64. The van der Waals surface area contributed by atoms with Crippen molar-refractivity contribution in [2.75, 3.05) is 11.9 Å². The van der Waals surface area contributed by atoms with Crippen LogP contribution in [0.15, 0.2) is 36.4 Å². The lowest BCUT2D eigenvalue weighted by atomic mass is 10.0. The van der Waals surface area contributed by atoms with Crippen LogP contribution in [0.2, 0.25) is 5.02 Å². The molecule has 3 rings (SSSR count). The molecule has 1 N–H and O–H groups in total. The van der Waals surface area contributed by atoms with Crippen LogP contribution in [0.1, 0.15) is 23.1 Å². The molecule has 0 radical (unpaired) electrons. The zero-order valence-corrected chi connectivity index (χ0v) is 14.2. The summed E-state index contributed by atoms with van der Waals surface area (Å²) in [5, 5.41) is 2.40. The van der Waals surface area contributed by atoms with E-state index in [0.717, 1.165) is 30.9 Å². The number of hydrogen-bond donors (Lipinski definition) is 1. The molecule has 0 atom stereocenters. The van der Waals surface area contributed by atoms with Gasteiger partial charge in [0.1, 0.15) is 5.82 Å². The SMILES string of the molecule is O=C(COC(=O)Cc1ccc2c(c1)CCC2)Nc1ccc(F)c(Cl)c1. The minimum atomic E-state index is -0.569. The fourth-order valence-corrected chi connectivity index (χ4v) is 3.05. The molecule has 0 aromatic heterocycles. The number of hydrogen-bond acceptors (Lipinski definition) is 3. The van der Waals surface area contributed by atoms with Gasteiger partial charge in [-0.2, -0.15) is 0 Å². The van der Waals surface area contributed by atoms with Crippen LogP contribution in [0, 0.1) is 5.82 Å². The Morgan fingerprint density at radius 1 is 1.12 bits per heavy atom. The quantitative estimate of drug-likeness (QED) is 0.826. The number of esters is 1. The van der Waals surface area contributed by atoms with Gasteiger partial charge in [-0.15, -0.1) is 0 Å². The van der Waals surface area contributed by atoms with Crippen LogP contribution in [-0.4, -0.2) is 18.5 Å². The van der Waals surface area contributed by atoms with E-state index in [1.807, 2.05) is 12.1 Å². The highest BCUT2D eigenvalue weighted by Gasteiger charge is 2.14. The second-order valence-corrected chi connectivity index (χ2v) is 6.38. The molecule has 0 aliphatic heterocycles. The van der Waals surface area contributed by atoms with Gasteiger partial charge in [0.15, 0.2) is 6.61 Å². The molecule has 1 aliphatic carbocycles. The highest BCUT2D eigenvalue weighted by Crippen LogP contribution is 2.23. The minimum absolute atomic E-state index is 0.0913. The monoisotopic (exact) mass is 361 g/mol. The van der Waals surface area contributed by atoms with Crippen LogP contribution in [0.5, 0.6) is 0 Å². The fraction of sp³-hybridized carbons (Fsp3) is 0.263. The second-order valence-electron chi connectivity index (χ2n) is 5.97. The molecule has 6 heteroatoms. The van der Waals surface area contributed by atoms with Crippen molar-refractivity contribution in [3.8, 4) is 0 Å². The Morgan fingerprint density at radius 3 is 2.72 bits per heavy atom. The Balaban J connectivity index is 1.48. The van der Waals surface area contributed by atoms with E-state index in [4.69, 9.17) is 16.3 Å². The summed E-state index contributed by atoms with van der Waals surface area (Å²) in [6.45, 7) is -0.404. The molecule has 1 amide bonds. The lowest BCUT2D eigenvalue weighted by Gasteiger charge is -2.08. The molecular weight excluding hydrogens is 345 g/mol. The highest BCUT2D eigenvalue weighted by atomic mass is 35.5. The summed E-state index contributed by atoms with van der Waals surface area (Å²) in [5.74, 6) is -1.55. The van der Waals surface area contributed by atoms with Crippen LogP contribution < -0.4 is 5.32 Å². The number of fused-ring (bicyclic) bond motifs is 1. The molecule has 1 aliphatic rings. The number of aryl methyl sites for hydroxylation is 2. The van der Waals surface area contributed by atoms with Gasteiger partial charge in [-0.1, -0.05) is 29.8 Å². The first-order valence-electron chi connectivity index (χ1n) is 8.02. The number of rotatable bonds is 5. The third-order valence-corrected chi connectivity index (χ3v) is 4.37. The fourth-order valence-electron chi connectivity index (χ4n) is 2.87. The predicted octanol–water partition coefficient (Wildman–Crippen LogP) is 3.69. The standard InChI is InChI=1S/C19H17ClFNO3/c20-16-10-15(6-7-17(16)21)22-18(23)11-25-19(24)9-12-4-5-13-2-1-3-14(13)8-12/h4-8,10H,1-3,9,11H2,(H,22,23). The average Bonchev–Trinajstić information content (AvgIpc) is 3.04. The van der Waals surface area contributed by atoms with E-state index >= 15 is 0 Å². The summed E-state index contributed by atoms with van der Waals surface area (Å²) in [6, 6.07) is 9.83. The summed E-state index contributed by atoms with van der Waals surface area (Å²) < 4.78 is 18.1. The molecule has 0 bridgehead atoms. The van der Waals surface area contributed by atoms with Crippen LogP contribution >= 0.6 is 11.6 Å². The molecule has 4 nitrogen and oxygen atoms in total. The number of ether oxygens (including phenoxy) is 1. The van der Waals surface area contributed by atoms with Crippen molar-refractivity contribution in [1.82, 2.24) is 0 Å². The molecule has 2 aromatic carbocycles. The lowest BCUT2D eigenvalue weighted by molar-refractivity contribution is -0.146. The molecule has 2 aromatic rings. The van der Waals surface area contributed by atoms with Gasteiger partial charge >= 0.3 is 5.97 Å². The number of halogens is 2. The van der Waals surface area contributed by atoms with E-state index in [-0.39, 0.29) is 11.4 Å². The Morgan fingerprint density at radius 2 is 1.92 bits per heavy atom. The maximum Gasteiger partial charge on any atom is 0.310 e. The highest BCUT2D eigenvalue weighted by molar-refractivity contribution is 6.31. The molecular formula is C19H17ClFNO3. The van der Waals surface area contributed by atoms with E-state index in [1.165, 1.54) is 23.3 Å². The van der Waals surface area contributed by atoms with Crippen LogP contribution in [0.4, 0.5) is 10.1 Å². The van der Waals surface area contributed by atoms with Crippen molar-refractivity contribution < 1.29 is 18.7 Å². The summed E-state index contributed by atoms with van der Waals surface area (Å²) in [4.78, 5) is 23.7. The lowest BCUT2D eigenvalue weighted by Crippen LogP contribution is -2.21. The molecule has 0 spiro atoms. The van der Waals surface area contributed by atoms with E-state index in [2.05, 4.69) is 11.4 Å². The largest absolute Gasteiger partial charge is 0.455 e. The number of nitrogens with one attached hydrogen (secondary N) is 1. The molecule has 130 valence electrons. The predicted molar refractivity (Wildman–Crippen MR) is 93.2 cm³/mol. The van der Waals surface area contributed by atoms with Gasteiger partial charge < -0.3 is 10.1 Å². The van der Waals surface area contributed by atoms with Crippen LogP contribution in [0.3, 0.4) is 0 Å². The third kappa shape index (κ3) is 4.57. The first-order chi connectivity index (χ1) is 12.0. The van der Waals surface area contributed by atoms with Gasteiger partial charge in [-0.3, -0.25) is 9.59 Å². The molecule has 0 saturated carbocycles. The van der Waals surface area contributed by atoms with Crippen molar-refractivity contribution in [3.63, 3.8) is 0 Å². The topological polar surface area (TPSA) is 55.4 Å². The molecule has 0 heterocycles. The summed E-state index contributed by atoms with van der Waals surface area (Å²) in [5.41, 5.74) is 3.85. The van der Waals surface area contributed by atoms with E-state index in [1.54, 1.807) is 0 Å². The maximum absolute atomic E-state index is 13.1. The first kappa shape index (κ1) is 17.4. The Bertz CT molecular complexity index is 822. The summed E-state index contributed by atoms with van der Waals surface area (Å²) in [6.07, 6.45) is 3.41. The van der Waals surface area contributed by atoms with E-state index in [9.17, 15) is 14.0 Å². The second kappa shape index (κ2) is 7.66. The van der Waals surface area contributed by atoms with Gasteiger partial charge in [0.25, 0.3) is 5.91 Å².